The van der Waals surface area contributed by atoms with E-state index in [-0.39, 0.29) is 11.3 Å². The summed E-state index contributed by atoms with van der Waals surface area (Å²) in [7, 11) is 1.14. The van der Waals surface area contributed by atoms with Gasteiger partial charge < -0.3 is 15.2 Å². The number of ether oxygens (including phenoxy) is 1. The van der Waals surface area contributed by atoms with Crippen molar-refractivity contribution in [2.45, 2.75) is 6.18 Å². The molecule has 0 aromatic heterocycles. The first-order chi connectivity index (χ1) is 13.6. The topological polar surface area (TPSA) is 125 Å². The highest BCUT2D eigenvalue weighted by molar-refractivity contribution is 6.10. The van der Waals surface area contributed by atoms with Gasteiger partial charge in [0.1, 0.15) is 11.6 Å². The Morgan fingerprint density at radius 2 is 2.00 bits per heavy atom. The molecule has 1 amide bonds. The van der Waals surface area contributed by atoms with Crippen molar-refractivity contribution in [2.24, 2.45) is 0 Å². The molecule has 8 nitrogen and oxygen atoms in total. The molecule has 2 aromatic carbocycles. The number of phenolic OH excluding ortho intramolecular Hbond substituents is 1. The number of benzene rings is 2. The van der Waals surface area contributed by atoms with Gasteiger partial charge >= 0.3 is 11.9 Å². The largest absolute Gasteiger partial charge is 0.500 e. The fraction of sp³-hybridized carbons (Fsp3) is 0.111. The number of hydrogen-bond acceptors (Lipinski definition) is 6. The monoisotopic (exact) mass is 407 g/mol. The SMILES string of the molecule is COc1cc(/C=C(\C#N)C(=O)Nc2ccccc2C(F)(F)F)cc([N+](=O)[O-])c1O. The van der Waals surface area contributed by atoms with Crippen molar-refractivity contribution in [1.29, 1.82) is 5.26 Å². The van der Waals surface area contributed by atoms with Gasteiger partial charge in [0.15, 0.2) is 5.75 Å². The summed E-state index contributed by atoms with van der Waals surface area (Å²) in [6.07, 6.45) is -3.81. The molecule has 0 heterocycles. The molecule has 11 heteroatoms. The maximum Gasteiger partial charge on any atom is 0.418 e. The number of phenols is 1. The number of para-hydroxylation sites is 1. The highest BCUT2D eigenvalue weighted by Gasteiger charge is 2.33. The van der Waals surface area contributed by atoms with Gasteiger partial charge in [-0.3, -0.25) is 14.9 Å². The number of nitrogens with one attached hydrogen (secondary N) is 1. The van der Waals surface area contributed by atoms with Crippen LogP contribution in [0.2, 0.25) is 0 Å². The highest BCUT2D eigenvalue weighted by atomic mass is 19.4. The van der Waals surface area contributed by atoms with Crippen LogP contribution in [0.4, 0.5) is 24.5 Å². The maximum atomic E-state index is 13.0. The van der Waals surface area contributed by atoms with E-state index in [2.05, 4.69) is 0 Å². The predicted octanol–water partition coefficient (Wildman–Crippen LogP) is 3.87. The third kappa shape index (κ3) is 4.81. The minimum absolute atomic E-state index is 0.0536. The first-order valence-electron chi connectivity index (χ1n) is 7.73. The number of nitro benzene ring substituents is 1. The maximum absolute atomic E-state index is 13.0. The molecule has 2 N–H and O–H groups in total. The van der Waals surface area contributed by atoms with Crippen molar-refractivity contribution in [2.75, 3.05) is 12.4 Å². The van der Waals surface area contributed by atoms with Crippen LogP contribution in [0.5, 0.6) is 11.5 Å². The van der Waals surface area contributed by atoms with Crippen molar-refractivity contribution in [3.8, 4) is 17.6 Å². The number of hydrogen-bond donors (Lipinski definition) is 2. The molecule has 29 heavy (non-hydrogen) atoms. The normalized spacial score (nSPS) is 11.5. The number of anilines is 1. The summed E-state index contributed by atoms with van der Waals surface area (Å²) < 4.78 is 43.9. The van der Waals surface area contributed by atoms with Crippen LogP contribution in [0.15, 0.2) is 42.0 Å². The van der Waals surface area contributed by atoms with Crippen LogP contribution in [-0.2, 0) is 11.0 Å². The molecule has 0 aliphatic rings. The second-order valence-electron chi connectivity index (χ2n) is 5.52. The Bertz CT molecular complexity index is 1040. The van der Waals surface area contributed by atoms with Crippen LogP contribution in [0, 0.1) is 21.4 Å². The first-order valence-corrected chi connectivity index (χ1v) is 7.73. The minimum Gasteiger partial charge on any atom is -0.500 e. The zero-order chi connectivity index (χ0) is 21.8. The molecule has 0 unspecified atom stereocenters. The molecule has 0 aliphatic heterocycles. The second-order valence-corrected chi connectivity index (χ2v) is 5.52. The van der Waals surface area contributed by atoms with Crippen molar-refractivity contribution in [3.05, 3.63) is 63.2 Å². The summed E-state index contributed by atoms with van der Waals surface area (Å²) in [5.41, 5.74) is -3.07. The van der Waals surface area contributed by atoms with Crippen LogP contribution in [0.1, 0.15) is 11.1 Å². The third-order valence-corrected chi connectivity index (χ3v) is 3.65. The van der Waals surface area contributed by atoms with E-state index in [0.29, 0.717) is 0 Å². The van der Waals surface area contributed by atoms with E-state index in [9.17, 15) is 38.4 Å². The first kappa shape index (κ1) is 21.2. The zero-order valence-electron chi connectivity index (χ0n) is 14.6. The average molecular weight is 407 g/mol. The molecular weight excluding hydrogens is 395 g/mol. The van der Waals surface area contributed by atoms with Crippen molar-refractivity contribution >= 4 is 23.4 Å². The Balaban J connectivity index is 2.44. The standard InChI is InChI=1S/C18H12F3N3O5/c1-29-15-8-10(7-14(16(15)25)24(27)28)6-11(9-22)17(26)23-13-5-3-2-4-12(13)18(19,20)21/h2-8,25H,1H3,(H,23,26)/b11-6+. The van der Waals surface area contributed by atoms with E-state index in [1.165, 1.54) is 12.1 Å². The van der Waals surface area contributed by atoms with Crippen LogP contribution in [-0.4, -0.2) is 23.0 Å². The molecule has 0 radical (unpaired) electrons. The molecule has 0 atom stereocenters. The lowest BCUT2D eigenvalue weighted by Crippen LogP contribution is -2.17. The fourth-order valence-corrected chi connectivity index (χ4v) is 2.34. The number of nitro groups is 1. The summed E-state index contributed by atoms with van der Waals surface area (Å²) in [5.74, 6) is -2.19. The van der Waals surface area contributed by atoms with Crippen molar-refractivity contribution < 1.29 is 32.7 Å². The van der Waals surface area contributed by atoms with Crippen LogP contribution >= 0.6 is 0 Å². The van der Waals surface area contributed by atoms with Crippen molar-refractivity contribution in [1.82, 2.24) is 0 Å². The van der Waals surface area contributed by atoms with Gasteiger partial charge in [-0.25, -0.2) is 0 Å². The Morgan fingerprint density at radius 3 is 2.55 bits per heavy atom. The predicted molar refractivity (Wildman–Crippen MR) is 95.0 cm³/mol. The summed E-state index contributed by atoms with van der Waals surface area (Å²) >= 11 is 0. The molecule has 0 bridgehead atoms. The molecule has 0 saturated carbocycles. The van der Waals surface area contributed by atoms with Gasteiger partial charge in [0.25, 0.3) is 5.91 Å². The minimum atomic E-state index is -4.73. The number of carbonyl (C=O) groups is 1. The molecule has 0 aliphatic carbocycles. The van der Waals surface area contributed by atoms with Gasteiger partial charge in [-0.15, -0.1) is 0 Å². The lowest BCUT2D eigenvalue weighted by atomic mass is 10.1. The fourth-order valence-electron chi connectivity index (χ4n) is 2.34. The molecule has 0 saturated heterocycles. The molecule has 2 rings (SSSR count). The van der Waals surface area contributed by atoms with Gasteiger partial charge in [0, 0.05) is 6.07 Å². The molecule has 0 spiro atoms. The van der Waals surface area contributed by atoms with Gasteiger partial charge in [-0.05, 0) is 29.8 Å². The lowest BCUT2D eigenvalue weighted by molar-refractivity contribution is -0.386. The Morgan fingerprint density at radius 1 is 1.34 bits per heavy atom. The molecule has 0 fully saturated rings. The zero-order valence-corrected chi connectivity index (χ0v) is 14.6. The summed E-state index contributed by atoms with van der Waals surface area (Å²) in [6, 6.07) is 7.72. The van der Waals surface area contributed by atoms with E-state index in [0.717, 1.165) is 43.5 Å². The van der Waals surface area contributed by atoms with Crippen molar-refractivity contribution in [3.63, 3.8) is 0 Å². The van der Waals surface area contributed by atoms with Crippen LogP contribution in [0.3, 0.4) is 0 Å². The van der Waals surface area contributed by atoms with Crippen LogP contribution in [0.25, 0.3) is 6.08 Å². The number of aromatic hydroxyl groups is 1. The van der Waals surface area contributed by atoms with Gasteiger partial charge in [-0.1, -0.05) is 12.1 Å². The van der Waals surface area contributed by atoms with Crippen LogP contribution < -0.4 is 10.1 Å². The Kier molecular flexibility index (Phi) is 6.08. The van der Waals surface area contributed by atoms with E-state index in [1.807, 2.05) is 5.32 Å². The van der Waals surface area contributed by atoms with E-state index in [1.54, 1.807) is 0 Å². The number of nitriles is 1. The number of nitrogens with zero attached hydrogens (tertiary/aromatic N) is 2. The molecule has 150 valence electrons. The van der Waals surface area contributed by atoms with Gasteiger partial charge in [0.05, 0.1) is 23.3 Å². The smallest absolute Gasteiger partial charge is 0.418 e. The Labute approximate surface area is 161 Å². The quantitative estimate of drug-likeness (QED) is 0.335. The summed E-state index contributed by atoms with van der Waals surface area (Å²) in [4.78, 5) is 22.4. The number of amides is 1. The Hall–Kier alpha value is -4.07. The highest BCUT2D eigenvalue weighted by Crippen LogP contribution is 2.38. The number of carbonyl (C=O) groups excluding carboxylic acids is 1. The summed E-state index contributed by atoms with van der Waals surface area (Å²) in [6.45, 7) is 0. The summed E-state index contributed by atoms with van der Waals surface area (Å²) in [5, 5.41) is 32.0. The van der Waals surface area contributed by atoms with Gasteiger partial charge in [0.2, 0.25) is 5.75 Å². The van der Waals surface area contributed by atoms with Gasteiger partial charge in [-0.2, -0.15) is 18.4 Å². The van der Waals surface area contributed by atoms with E-state index < -0.39 is 45.3 Å². The average Bonchev–Trinajstić information content (AvgIpc) is 2.66. The number of methoxy groups -OCH3 is 1. The second kappa shape index (κ2) is 8.30. The number of halogens is 3. The molecular formula is C18H12F3N3O5. The molecule has 2 aromatic rings. The number of rotatable bonds is 5. The number of alkyl halides is 3. The van der Waals surface area contributed by atoms with E-state index >= 15 is 0 Å². The lowest BCUT2D eigenvalue weighted by Gasteiger charge is -2.13. The third-order valence-electron chi connectivity index (χ3n) is 3.65. The van der Waals surface area contributed by atoms with E-state index in [4.69, 9.17) is 4.74 Å².